The normalized spacial score (nSPS) is 27.0. The van der Waals surface area contributed by atoms with Crippen LogP contribution in [0.3, 0.4) is 0 Å². The standard InChI is InChI=1S/C11H23NOS/c1-3-6-12-10-8-11(14-9-10)5-4-7-13-2/h10-12H,3-9H2,1-2H3. The Balaban J connectivity index is 2.02. The van der Waals surface area contributed by atoms with Gasteiger partial charge in [0.15, 0.2) is 0 Å². The molecule has 0 aromatic heterocycles. The van der Waals surface area contributed by atoms with Crippen molar-refractivity contribution in [3.8, 4) is 0 Å². The molecule has 0 amide bonds. The van der Waals surface area contributed by atoms with E-state index in [1.54, 1.807) is 7.11 Å². The van der Waals surface area contributed by atoms with Crippen molar-refractivity contribution in [1.82, 2.24) is 5.32 Å². The quantitative estimate of drug-likeness (QED) is 0.661. The van der Waals surface area contributed by atoms with Crippen molar-refractivity contribution >= 4 is 11.8 Å². The van der Waals surface area contributed by atoms with Gasteiger partial charge in [0, 0.05) is 30.8 Å². The first-order chi connectivity index (χ1) is 6.86. The lowest BCUT2D eigenvalue weighted by Gasteiger charge is -2.11. The zero-order valence-electron chi connectivity index (χ0n) is 9.42. The van der Waals surface area contributed by atoms with Crippen LogP contribution < -0.4 is 5.32 Å². The fourth-order valence-electron chi connectivity index (χ4n) is 1.85. The molecule has 2 unspecified atom stereocenters. The molecule has 1 N–H and O–H groups in total. The maximum Gasteiger partial charge on any atom is 0.0462 e. The molecule has 1 heterocycles. The first-order valence-corrected chi connectivity index (χ1v) is 6.75. The van der Waals surface area contributed by atoms with E-state index in [-0.39, 0.29) is 0 Å². The second kappa shape index (κ2) is 7.55. The zero-order valence-corrected chi connectivity index (χ0v) is 10.2. The topological polar surface area (TPSA) is 21.3 Å². The highest BCUT2D eigenvalue weighted by molar-refractivity contribution is 8.00. The number of methoxy groups -OCH3 is 1. The predicted molar refractivity (Wildman–Crippen MR) is 64.1 cm³/mol. The molecule has 0 aliphatic carbocycles. The minimum Gasteiger partial charge on any atom is -0.385 e. The van der Waals surface area contributed by atoms with Gasteiger partial charge < -0.3 is 10.1 Å². The summed E-state index contributed by atoms with van der Waals surface area (Å²) in [4.78, 5) is 0. The highest BCUT2D eigenvalue weighted by Gasteiger charge is 2.23. The van der Waals surface area contributed by atoms with Crippen molar-refractivity contribution in [2.75, 3.05) is 26.0 Å². The van der Waals surface area contributed by atoms with Gasteiger partial charge in [-0.1, -0.05) is 6.92 Å². The number of nitrogens with one attached hydrogen (secondary N) is 1. The van der Waals surface area contributed by atoms with Crippen LogP contribution in [-0.4, -0.2) is 37.3 Å². The van der Waals surface area contributed by atoms with Crippen molar-refractivity contribution < 1.29 is 4.74 Å². The number of hydrogen-bond acceptors (Lipinski definition) is 3. The fourth-order valence-corrected chi connectivity index (χ4v) is 3.31. The molecule has 2 atom stereocenters. The molecule has 14 heavy (non-hydrogen) atoms. The molecule has 1 aliphatic heterocycles. The van der Waals surface area contributed by atoms with Gasteiger partial charge in [-0.15, -0.1) is 0 Å². The van der Waals surface area contributed by atoms with Crippen LogP contribution in [0.25, 0.3) is 0 Å². The molecular formula is C11H23NOS. The van der Waals surface area contributed by atoms with Crippen molar-refractivity contribution in [2.45, 2.75) is 43.9 Å². The Morgan fingerprint density at radius 1 is 1.50 bits per heavy atom. The maximum absolute atomic E-state index is 5.07. The molecule has 1 fully saturated rings. The van der Waals surface area contributed by atoms with E-state index in [9.17, 15) is 0 Å². The van der Waals surface area contributed by atoms with E-state index < -0.39 is 0 Å². The molecule has 2 nitrogen and oxygen atoms in total. The Hall–Kier alpha value is 0.270. The van der Waals surface area contributed by atoms with E-state index in [0.29, 0.717) is 0 Å². The lowest BCUT2D eigenvalue weighted by atomic mass is 10.1. The van der Waals surface area contributed by atoms with Crippen LogP contribution in [0, 0.1) is 0 Å². The van der Waals surface area contributed by atoms with E-state index in [1.165, 1.54) is 38.0 Å². The molecular weight excluding hydrogens is 194 g/mol. The first-order valence-electron chi connectivity index (χ1n) is 5.70. The number of hydrogen-bond donors (Lipinski definition) is 1. The Labute approximate surface area is 92.2 Å². The summed E-state index contributed by atoms with van der Waals surface area (Å²) >= 11 is 2.13. The fraction of sp³-hybridized carbons (Fsp3) is 1.00. The second-order valence-electron chi connectivity index (χ2n) is 3.98. The largest absolute Gasteiger partial charge is 0.385 e. The Kier molecular flexibility index (Phi) is 6.65. The van der Waals surface area contributed by atoms with Crippen LogP contribution >= 0.6 is 11.8 Å². The van der Waals surface area contributed by atoms with Crippen LogP contribution in [-0.2, 0) is 4.74 Å². The average Bonchev–Trinajstić information content (AvgIpc) is 2.63. The number of rotatable bonds is 7. The highest BCUT2D eigenvalue weighted by atomic mass is 32.2. The van der Waals surface area contributed by atoms with Gasteiger partial charge in [-0.2, -0.15) is 11.8 Å². The van der Waals surface area contributed by atoms with Crippen LogP contribution in [0.15, 0.2) is 0 Å². The van der Waals surface area contributed by atoms with Gasteiger partial charge in [0.25, 0.3) is 0 Å². The van der Waals surface area contributed by atoms with Crippen LogP contribution in [0.4, 0.5) is 0 Å². The Morgan fingerprint density at radius 2 is 2.36 bits per heavy atom. The average molecular weight is 217 g/mol. The molecule has 1 saturated heterocycles. The summed E-state index contributed by atoms with van der Waals surface area (Å²) in [5.41, 5.74) is 0. The van der Waals surface area contributed by atoms with Gasteiger partial charge >= 0.3 is 0 Å². The lowest BCUT2D eigenvalue weighted by molar-refractivity contribution is 0.192. The van der Waals surface area contributed by atoms with Crippen LogP contribution in [0.2, 0.25) is 0 Å². The molecule has 0 aromatic rings. The third-order valence-corrected chi connectivity index (χ3v) is 4.13. The van der Waals surface area contributed by atoms with Gasteiger partial charge in [-0.25, -0.2) is 0 Å². The summed E-state index contributed by atoms with van der Waals surface area (Å²) in [6, 6.07) is 0.771. The van der Waals surface area contributed by atoms with Gasteiger partial charge in [-0.05, 0) is 32.2 Å². The summed E-state index contributed by atoms with van der Waals surface area (Å²) in [5, 5.41) is 4.47. The van der Waals surface area contributed by atoms with Crippen molar-refractivity contribution in [2.24, 2.45) is 0 Å². The predicted octanol–water partition coefficient (Wildman–Crippen LogP) is 2.29. The molecule has 0 spiro atoms. The highest BCUT2D eigenvalue weighted by Crippen LogP contribution is 2.29. The second-order valence-corrected chi connectivity index (χ2v) is 5.31. The minimum atomic E-state index is 0.771. The van der Waals surface area contributed by atoms with Gasteiger partial charge in [0.1, 0.15) is 0 Å². The summed E-state index contributed by atoms with van der Waals surface area (Å²) in [6.45, 7) is 4.32. The first kappa shape index (κ1) is 12.3. The van der Waals surface area contributed by atoms with Crippen LogP contribution in [0.5, 0.6) is 0 Å². The molecule has 84 valence electrons. The van der Waals surface area contributed by atoms with E-state index in [1.807, 2.05) is 0 Å². The molecule has 3 heteroatoms. The maximum atomic E-state index is 5.07. The van der Waals surface area contributed by atoms with E-state index in [4.69, 9.17) is 4.74 Å². The lowest BCUT2D eigenvalue weighted by Crippen LogP contribution is -2.29. The zero-order chi connectivity index (χ0) is 10.2. The smallest absolute Gasteiger partial charge is 0.0462 e. The molecule has 1 aliphatic rings. The molecule has 0 saturated carbocycles. The summed E-state index contributed by atoms with van der Waals surface area (Å²) in [5.74, 6) is 1.30. The monoisotopic (exact) mass is 217 g/mol. The van der Waals surface area contributed by atoms with Gasteiger partial charge in [0.05, 0.1) is 0 Å². The summed E-state index contributed by atoms with van der Waals surface area (Å²) < 4.78 is 5.07. The number of thioether (sulfide) groups is 1. The van der Waals surface area contributed by atoms with Gasteiger partial charge in [-0.3, -0.25) is 0 Å². The SMILES string of the molecule is CCCNC1CSC(CCCOC)C1. The minimum absolute atomic E-state index is 0.771. The van der Waals surface area contributed by atoms with E-state index in [0.717, 1.165) is 17.9 Å². The van der Waals surface area contributed by atoms with Crippen molar-refractivity contribution in [3.63, 3.8) is 0 Å². The third kappa shape index (κ3) is 4.67. The third-order valence-electron chi connectivity index (χ3n) is 2.64. The summed E-state index contributed by atoms with van der Waals surface area (Å²) in [6.07, 6.45) is 5.14. The molecule has 0 radical (unpaired) electrons. The Morgan fingerprint density at radius 3 is 3.07 bits per heavy atom. The Bertz CT molecular complexity index is 143. The van der Waals surface area contributed by atoms with Crippen molar-refractivity contribution in [3.05, 3.63) is 0 Å². The summed E-state index contributed by atoms with van der Waals surface area (Å²) in [7, 11) is 1.79. The van der Waals surface area contributed by atoms with Crippen LogP contribution in [0.1, 0.15) is 32.6 Å². The van der Waals surface area contributed by atoms with E-state index >= 15 is 0 Å². The molecule has 1 rings (SSSR count). The molecule has 0 aromatic carbocycles. The molecule has 0 bridgehead atoms. The number of ether oxygens (including phenoxy) is 1. The van der Waals surface area contributed by atoms with E-state index in [2.05, 4.69) is 24.0 Å². The van der Waals surface area contributed by atoms with Gasteiger partial charge in [0.2, 0.25) is 0 Å². The van der Waals surface area contributed by atoms with Crippen molar-refractivity contribution in [1.29, 1.82) is 0 Å².